The van der Waals surface area contributed by atoms with Crippen LogP contribution in [0.15, 0.2) is 60.7 Å². The van der Waals surface area contributed by atoms with Crippen LogP contribution in [-0.4, -0.2) is 11.1 Å². The van der Waals surface area contributed by atoms with E-state index in [0.29, 0.717) is 16.9 Å². The van der Waals surface area contributed by atoms with Crippen molar-refractivity contribution in [1.29, 1.82) is 0 Å². The third-order valence-corrected chi connectivity index (χ3v) is 4.11. The summed E-state index contributed by atoms with van der Waals surface area (Å²) in [4.78, 5) is 11.6. The number of hydrogen-bond donors (Lipinski definition) is 1. The molecule has 0 atom stereocenters. The van der Waals surface area contributed by atoms with Crippen molar-refractivity contribution in [2.45, 2.75) is 20.1 Å². The van der Waals surface area contributed by atoms with Gasteiger partial charge in [0.2, 0.25) is 0 Å². The summed E-state index contributed by atoms with van der Waals surface area (Å²) in [6.45, 7) is 1.93. The summed E-state index contributed by atoms with van der Waals surface area (Å²) in [5.41, 5.74) is 2.00. The average Bonchev–Trinajstić information content (AvgIpc) is 2.66. The fourth-order valence-electron chi connectivity index (χ4n) is 2.68. The molecule has 3 rings (SSSR count). The van der Waals surface area contributed by atoms with Crippen LogP contribution in [0, 0.1) is 18.6 Å². The molecule has 0 spiro atoms. The molecule has 3 aromatic carbocycles. The zero-order valence-corrected chi connectivity index (χ0v) is 15.1. The first-order chi connectivity index (χ1) is 13.4. The highest BCUT2D eigenvalue weighted by Crippen LogP contribution is 2.30. The van der Waals surface area contributed by atoms with Gasteiger partial charge in [0.25, 0.3) is 0 Å². The van der Waals surface area contributed by atoms with Crippen LogP contribution in [0.4, 0.5) is 8.78 Å². The minimum atomic E-state index is -1.11. The maximum Gasteiger partial charge on any atom is 0.339 e. The molecule has 0 heterocycles. The van der Waals surface area contributed by atoms with Crippen LogP contribution >= 0.6 is 0 Å². The lowest BCUT2D eigenvalue weighted by Gasteiger charge is -2.14. The molecule has 144 valence electrons. The highest BCUT2D eigenvalue weighted by molar-refractivity contribution is 5.93. The largest absolute Gasteiger partial charge is 0.489 e. The highest BCUT2D eigenvalue weighted by Gasteiger charge is 2.17. The van der Waals surface area contributed by atoms with E-state index in [0.717, 1.165) is 5.56 Å². The van der Waals surface area contributed by atoms with E-state index in [1.807, 2.05) is 0 Å². The van der Waals surface area contributed by atoms with E-state index in [-0.39, 0.29) is 36.2 Å². The molecule has 0 amide bonds. The molecule has 0 saturated heterocycles. The summed E-state index contributed by atoms with van der Waals surface area (Å²) >= 11 is 0. The molecule has 0 aliphatic heterocycles. The van der Waals surface area contributed by atoms with E-state index in [9.17, 15) is 18.7 Å². The molecule has 0 fully saturated rings. The van der Waals surface area contributed by atoms with Crippen molar-refractivity contribution >= 4 is 5.97 Å². The van der Waals surface area contributed by atoms with Crippen LogP contribution in [0.2, 0.25) is 0 Å². The van der Waals surface area contributed by atoms with Crippen LogP contribution in [0.25, 0.3) is 0 Å². The quantitative estimate of drug-likeness (QED) is 0.614. The van der Waals surface area contributed by atoms with Gasteiger partial charge in [0.15, 0.2) is 0 Å². The van der Waals surface area contributed by atoms with Gasteiger partial charge in [0.05, 0.1) is 0 Å². The van der Waals surface area contributed by atoms with Gasteiger partial charge in [-0.1, -0.05) is 24.3 Å². The van der Waals surface area contributed by atoms with Crippen molar-refractivity contribution in [3.05, 3.63) is 94.6 Å². The van der Waals surface area contributed by atoms with E-state index in [1.165, 1.54) is 30.3 Å². The lowest BCUT2D eigenvalue weighted by atomic mass is 10.1. The summed E-state index contributed by atoms with van der Waals surface area (Å²) in [5.74, 6) is -1.22. The predicted molar refractivity (Wildman–Crippen MR) is 99.6 cm³/mol. The fourth-order valence-corrected chi connectivity index (χ4v) is 2.68. The van der Waals surface area contributed by atoms with E-state index in [4.69, 9.17) is 9.47 Å². The number of aromatic carboxylic acids is 1. The zero-order valence-electron chi connectivity index (χ0n) is 15.1. The number of carbonyl (C=O) groups is 1. The molecular weight excluding hydrogens is 366 g/mol. The SMILES string of the molecule is Cc1cc(OCc2ccc(F)cc2)cc(OCc2ccc(F)cc2)c1C(=O)O. The molecule has 0 aliphatic rings. The number of halogens is 2. The molecule has 0 bridgehead atoms. The summed E-state index contributed by atoms with van der Waals surface area (Å²) in [6, 6.07) is 14.8. The van der Waals surface area contributed by atoms with Gasteiger partial charge in [-0.05, 0) is 53.9 Å². The van der Waals surface area contributed by atoms with Gasteiger partial charge < -0.3 is 14.6 Å². The van der Waals surface area contributed by atoms with Crippen LogP contribution in [0.5, 0.6) is 11.5 Å². The molecule has 1 N–H and O–H groups in total. The standard InChI is InChI=1S/C22H18F2O4/c1-14-10-19(27-12-15-2-6-17(23)7-3-15)11-20(21(14)22(25)26)28-13-16-4-8-18(24)9-5-16/h2-11H,12-13H2,1H3,(H,25,26). The van der Waals surface area contributed by atoms with Crippen molar-refractivity contribution in [3.8, 4) is 11.5 Å². The Morgan fingerprint density at radius 2 is 1.36 bits per heavy atom. The summed E-state index contributed by atoms with van der Waals surface area (Å²) < 4.78 is 37.4. The van der Waals surface area contributed by atoms with Gasteiger partial charge in [0.1, 0.15) is 41.9 Å². The van der Waals surface area contributed by atoms with Gasteiger partial charge >= 0.3 is 5.97 Å². The second-order valence-corrected chi connectivity index (χ2v) is 6.25. The predicted octanol–water partition coefficient (Wildman–Crippen LogP) is 5.13. The topological polar surface area (TPSA) is 55.8 Å². The molecule has 0 saturated carbocycles. The van der Waals surface area contributed by atoms with Gasteiger partial charge in [-0.3, -0.25) is 0 Å². The number of carboxylic acids is 1. The Bertz CT molecular complexity index is 967. The first-order valence-corrected chi connectivity index (χ1v) is 8.55. The molecular formula is C22H18F2O4. The number of benzene rings is 3. The van der Waals surface area contributed by atoms with E-state index >= 15 is 0 Å². The van der Waals surface area contributed by atoms with Crippen molar-refractivity contribution in [2.24, 2.45) is 0 Å². The Morgan fingerprint density at radius 1 is 0.857 bits per heavy atom. The Hall–Kier alpha value is -3.41. The van der Waals surface area contributed by atoms with Gasteiger partial charge in [-0.2, -0.15) is 0 Å². The van der Waals surface area contributed by atoms with E-state index in [1.54, 1.807) is 37.3 Å². The minimum Gasteiger partial charge on any atom is -0.489 e. The fraction of sp³-hybridized carbons (Fsp3) is 0.136. The van der Waals surface area contributed by atoms with Gasteiger partial charge in [-0.15, -0.1) is 0 Å². The Labute approximate surface area is 161 Å². The molecule has 28 heavy (non-hydrogen) atoms. The molecule has 0 aromatic heterocycles. The molecule has 0 aliphatic carbocycles. The van der Waals surface area contributed by atoms with Crippen molar-refractivity contribution in [3.63, 3.8) is 0 Å². The first-order valence-electron chi connectivity index (χ1n) is 8.55. The zero-order chi connectivity index (χ0) is 20.1. The van der Waals surface area contributed by atoms with Crippen molar-refractivity contribution in [2.75, 3.05) is 0 Å². The van der Waals surface area contributed by atoms with Crippen molar-refractivity contribution in [1.82, 2.24) is 0 Å². The summed E-state index contributed by atoms with van der Waals surface area (Å²) in [7, 11) is 0. The Balaban J connectivity index is 1.79. The third-order valence-electron chi connectivity index (χ3n) is 4.11. The smallest absolute Gasteiger partial charge is 0.339 e. The second-order valence-electron chi connectivity index (χ2n) is 6.25. The normalized spacial score (nSPS) is 10.5. The Kier molecular flexibility index (Phi) is 5.89. The van der Waals surface area contributed by atoms with E-state index in [2.05, 4.69) is 0 Å². The number of rotatable bonds is 7. The first kappa shape index (κ1) is 19.4. The minimum absolute atomic E-state index is 0.0382. The van der Waals surface area contributed by atoms with Crippen molar-refractivity contribution < 1.29 is 28.2 Å². The molecule has 3 aromatic rings. The van der Waals surface area contributed by atoms with E-state index < -0.39 is 5.97 Å². The monoisotopic (exact) mass is 384 g/mol. The number of carboxylic acid groups (broad SMARTS) is 1. The maximum absolute atomic E-state index is 13.0. The van der Waals surface area contributed by atoms with Crippen LogP contribution < -0.4 is 9.47 Å². The number of aryl methyl sites for hydroxylation is 1. The third kappa shape index (κ3) is 4.85. The molecule has 0 radical (unpaired) electrons. The van der Waals surface area contributed by atoms with Gasteiger partial charge in [0, 0.05) is 6.07 Å². The second kappa shape index (κ2) is 8.52. The lowest BCUT2D eigenvalue weighted by Crippen LogP contribution is -2.07. The number of ether oxygens (including phenoxy) is 2. The summed E-state index contributed by atoms with van der Waals surface area (Å²) in [6.07, 6.45) is 0. The summed E-state index contributed by atoms with van der Waals surface area (Å²) in [5, 5.41) is 9.50. The average molecular weight is 384 g/mol. The Morgan fingerprint density at radius 3 is 1.86 bits per heavy atom. The van der Waals surface area contributed by atoms with Crippen LogP contribution in [-0.2, 0) is 13.2 Å². The molecule has 4 nitrogen and oxygen atoms in total. The highest BCUT2D eigenvalue weighted by atomic mass is 19.1. The van der Waals surface area contributed by atoms with Crippen LogP contribution in [0.1, 0.15) is 27.0 Å². The molecule has 6 heteroatoms. The lowest BCUT2D eigenvalue weighted by molar-refractivity contribution is 0.0691. The maximum atomic E-state index is 13.0. The molecule has 0 unspecified atom stereocenters. The van der Waals surface area contributed by atoms with Gasteiger partial charge in [-0.25, -0.2) is 13.6 Å². The van der Waals surface area contributed by atoms with Crippen LogP contribution in [0.3, 0.4) is 0 Å². The number of hydrogen-bond acceptors (Lipinski definition) is 3.